The number of benzene rings is 4. The second kappa shape index (κ2) is 15.7. The maximum atomic E-state index is 12.9. The molecule has 12 heteroatoms. The highest BCUT2D eigenvalue weighted by Gasteiger charge is 2.15. The van der Waals surface area contributed by atoms with E-state index in [0.717, 1.165) is 42.7 Å². The summed E-state index contributed by atoms with van der Waals surface area (Å²) in [7, 11) is 3.15. The molecule has 0 saturated heterocycles. The molecule has 0 radical (unpaired) electrons. The van der Waals surface area contributed by atoms with E-state index in [1.807, 2.05) is 48.5 Å². The molecule has 0 atom stereocenters. The van der Waals surface area contributed by atoms with Gasteiger partial charge in [0.2, 0.25) is 11.8 Å². The van der Waals surface area contributed by atoms with Crippen LogP contribution in [0.1, 0.15) is 45.7 Å². The van der Waals surface area contributed by atoms with Gasteiger partial charge < -0.3 is 21.3 Å². The first-order valence-electron chi connectivity index (χ1n) is 15.6. The summed E-state index contributed by atoms with van der Waals surface area (Å²) in [5.74, 6) is -0.905. The minimum Gasteiger partial charge on any atom is -0.348 e. The van der Waals surface area contributed by atoms with E-state index in [-0.39, 0.29) is 23.6 Å². The first-order chi connectivity index (χ1) is 24.2. The normalized spacial score (nSPS) is 10.8. The fourth-order valence-corrected chi connectivity index (χ4v) is 7.64. The fraction of sp³-hybridized carbons (Fsp3) is 0.105. The molecule has 4 amide bonds. The Balaban J connectivity index is 1.14. The van der Waals surface area contributed by atoms with Crippen molar-refractivity contribution in [1.29, 1.82) is 0 Å². The number of carbonyl (C=O) groups is 4. The molecule has 0 bridgehead atoms. The summed E-state index contributed by atoms with van der Waals surface area (Å²) in [6.45, 7) is 3.45. The van der Waals surface area contributed by atoms with Crippen molar-refractivity contribution in [3.05, 3.63) is 132 Å². The van der Waals surface area contributed by atoms with Crippen molar-refractivity contribution >= 4 is 78.4 Å². The Kier molecular flexibility index (Phi) is 10.7. The van der Waals surface area contributed by atoms with Gasteiger partial charge in [-0.2, -0.15) is 0 Å². The van der Waals surface area contributed by atoms with Gasteiger partial charge in [0.15, 0.2) is 0 Å². The Morgan fingerprint density at radius 2 is 1.00 bits per heavy atom. The molecule has 0 aliphatic carbocycles. The minimum absolute atomic E-state index is 0.204. The van der Waals surface area contributed by atoms with Crippen LogP contribution >= 0.6 is 21.6 Å². The van der Waals surface area contributed by atoms with Gasteiger partial charge in [-0.3, -0.25) is 29.1 Å². The van der Waals surface area contributed by atoms with Gasteiger partial charge in [-0.05, 0) is 71.8 Å². The zero-order valence-corrected chi connectivity index (χ0v) is 28.8. The predicted molar refractivity (Wildman–Crippen MR) is 199 cm³/mol. The first-order valence-corrected chi connectivity index (χ1v) is 17.8. The van der Waals surface area contributed by atoms with E-state index in [2.05, 4.69) is 31.2 Å². The van der Waals surface area contributed by atoms with Crippen LogP contribution in [0.2, 0.25) is 0 Å². The number of amides is 4. The van der Waals surface area contributed by atoms with Crippen LogP contribution in [0, 0.1) is 0 Å². The summed E-state index contributed by atoms with van der Waals surface area (Å²) >= 11 is 0. The third-order valence-electron chi connectivity index (χ3n) is 7.64. The molecule has 0 aliphatic rings. The molecule has 250 valence electrons. The minimum atomic E-state index is -0.248. The first kappa shape index (κ1) is 34.2. The number of anilines is 2. The average molecular weight is 701 g/mol. The van der Waals surface area contributed by atoms with Crippen LogP contribution in [0.15, 0.2) is 119 Å². The van der Waals surface area contributed by atoms with Crippen LogP contribution in [0.25, 0.3) is 21.8 Å². The zero-order chi connectivity index (χ0) is 35.0. The van der Waals surface area contributed by atoms with E-state index in [0.29, 0.717) is 35.6 Å². The second-order valence-corrected chi connectivity index (χ2v) is 13.5. The van der Waals surface area contributed by atoms with Gasteiger partial charge in [0, 0.05) is 82.4 Å². The Labute approximate surface area is 296 Å². The lowest BCUT2D eigenvalue weighted by Crippen LogP contribution is -2.23. The summed E-state index contributed by atoms with van der Waals surface area (Å²) in [6, 6.07) is 29.4. The van der Waals surface area contributed by atoms with Crippen molar-refractivity contribution in [1.82, 2.24) is 20.6 Å². The molecular weight excluding hydrogens is 669 g/mol. The molecule has 4 N–H and O–H groups in total. The number of carbonyl (C=O) groups excluding carboxylic acids is 4. The lowest BCUT2D eigenvalue weighted by atomic mass is 10.1. The number of pyridine rings is 2. The number of aromatic nitrogens is 2. The van der Waals surface area contributed by atoms with E-state index < -0.39 is 0 Å². The second-order valence-electron chi connectivity index (χ2n) is 11.3. The summed E-state index contributed by atoms with van der Waals surface area (Å²) < 4.78 is 0. The third-order valence-corrected chi connectivity index (χ3v) is 10.1. The van der Waals surface area contributed by atoms with E-state index >= 15 is 0 Å². The van der Waals surface area contributed by atoms with Gasteiger partial charge >= 0.3 is 0 Å². The predicted octanol–water partition coefficient (Wildman–Crippen LogP) is 7.36. The van der Waals surface area contributed by atoms with Crippen LogP contribution in [0.4, 0.5) is 11.4 Å². The SMILES string of the molecule is CC(=O)Nc1cccc(C(=O)NCc2ccc(SSc3ccc(CNC(=O)c4cccc(NC(C)=O)c4)c4cccnc34)c3ncccc23)c1. The van der Waals surface area contributed by atoms with Crippen LogP contribution in [0.3, 0.4) is 0 Å². The number of hydrogen-bond acceptors (Lipinski definition) is 8. The molecule has 6 aromatic rings. The number of rotatable bonds is 11. The van der Waals surface area contributed by atoms with Crippen molar-refractivity contribution < 1.29 is 19.2 Å². The smallest absolute Gasteiger partial charge is 0.251 e. The molecule has 6 rings (SSSR count). The molecule has 0 spiro atoms. The van der Waals surface area contributed by atoms with E-state index in [1.54, 1.807) is 82.5 Å². The van der Waals surface area contributed by atoms with Gasteiger partial charge in [0.05, 0.1) is 11.0 Å². The van der Waals surface area contributed by atoms with E-state index in [1.165, 1.54) is 13.8 Å². The largest absolute Gasteiger partial charge is 0.348 e. The Morgan fingerprint density at radius 3 is 1.42 bits per heavy atom. The zero-order valence-electron chi connectivity index (χ0n) is 27.2. The molecule has 10 nitrogen and oxygen atoms in total. The van der Waals surface area contributed by atoms with Gasteiger partial charge in [-0.1, -0.05) is 58.0 Å². The number of nitrogens with zero attached hydrogens (tertiary/aromatic N) is 2. The van der Waals surface area contributed by atoms with Crippen LogP contribution in [-0.4, -0.2) is 33.6 Å². The topological polar surface area (TPSA) is 142 Å². The third kappa shape index (κ3) is 8.28. The number of fused-ring (bicyclic) bond motifs is 2. The lowest BCUT2D eigenvalue weighted by molar-refractivity contribution is -0.115. The van der Waals surface area contributed by atoms with Crippen molar-refractivity contribution in [3.63, 3.8) is 0 Å². The molecule has 0 fully saturated rings. The summed E-state index contributed by atoms with van der Waals surface area (Å²) in [5, 5.41) is 13.2. The number of nitrogens with one attached hydrogen (secondary N) is 4. The molecule has 4 aromatic carbocycles. The van der Waals surface area contributed by atoms with Crippen molar-refractivity contribution in [2.75, 3.05) is 10.6 Å². The van der Waals surface area contributed by atoms with E-state index in [4.69, 9.17) is 0 Å². The highest BCUT2D eigenvalue weighted by molar-refractivity contribution is 8.76. The molecule has 2 heterocycles. The monoisotopic (exact) mass is 700 g/mol. The highest BCUT2D eigenvalue weighted by Crippen LogP contribution is 2.43. The molecule has 0 unspecified atom stereocenters. The van der Waals surface area contributed by atoms with Crippen LogP contribution in [-0.2, 0) is 22.7 Å². The molecule has 50 heavy (non-hydrogen) atoms. The summed E-state index contributed by atoms with van der Waals surface area (Å²) in [4.78, 5) is 60.0. The maximum Gasteiger partial charge on any atom is 0.251 e. The van der Waals surface area contributed by atoms with E-state index in [9.17, 15) is 19.2 Å². The standard InChI is InChI=1S/C38H32N6O4S2/c1-23(45)43-29-9-3-7-25(19-29)37(47)41-21-27-13-15-33(35-31(27)11-5-17-39-35)49-50-34-16-14-28(32-12-6-18-40-36(32)34)22-42-38(48)26-8-4-10-30(20-26)44-24(2)46/h3-20H,21-22H2,1-2H3,(H,41,47)(H,42,48)(H,43,45)(H,44,46). The Hall–Kier alpha value is -5.72. The average Bonchev–Trinajstić information content (AvgIpc) is 3.12. The van der Waals surface area contributed by atoms with Gasteiger partial charge in [0.1, 0.15) is 0 Å². The molecular formula is C38H32N6O4S2. The maximum absolute atomic E-state index is 12.9. The lowest BCUT2D eigenvalue weighted by Gasteiger charge is -2.13. The molecule has 2 aromatic heterocycles. The number of hydrogen-bond donors (Lipinski definition) is 4. The van der Waals surface area contributed by atoms with Crippen LogP contribution < -0.4 is 21.3 Å². The molecule has 0 saturated carbocycles. The van der Waals surface area contributed by atoms with Crippen LogP contribution in [0.5, 0.6) is 0 Å². The summed E-state index contributed by atoms with van der Waals surface area (Å²) in [6.07, 6.45) is 3.51. The highest BCUT2D eigenvalue weighted by atomic mass is 33.1. The Bertz CT molecular complexity index is 2100. The summed E-state index contributed by atoms with van der Waals surface area (Å²) in [5.41, 5.74) is 5.51. The van der Waals surface area contributed by atoms with Gasteiger partial charge in [-0.15, -0.1) is 0 Å². The van der Waals surface area contributed by atoms with Crippen molar-refractivity contribution in [3.8, 4) is 0 Å². The van der Waals surface area contributed by atoms with Crippen molar-refractivity contribution in [2.24, 2.45) is 0 Å². The fourth-order valence-electron chi connectivity index (χ4n) is 5.38. The molecule has 0 aliphatic heterocycles. The Morgan fingerprint density at radius 1 is 0.560 bits per heavy atom. The quantitative estimate of drug-likeness (QED) is 0.103. The van der Waals surface area contributed by atoms with Gasteiger partial charge in [0.25, 0.3) is 11.8 Å². The van der Waals surface area contributed by atoms with Gasteiger partial charge in [-0.25, -0.2) is 0 Å². The van der Waals surface area contributed by atoms with Crippen molar-refractivity contribution in [2.45, 2.75) is 36.7 Å².